The topological polar surface area (TPSA) is 63.5 Å². The summed E-state index contributed by atoms with van der Waals surface area (Å²) in [7, 11) is 1.97. The molecule has 0 bridgehead atoms. The fourth-order valence-corrected chi connectivity index (χ4v) is 3.04. The lowest BCUT2D eigenvalue weighted by Gasteiger charge is -2.26. The molecule has 0 saturated carbocycles. The summed E-state index contributed by atoms with van der Waals surface area (Å²) in [6.07, 6.45) is 8.08. The Bertz CT molecular complexity index is 647. The van der Waals surface area contributed by atoms with Gasteiger partial charge in [-0.15, -0.1) is 0 Å². The Morgan fingerprint density at radius 2 is 2.20 bits per heavy atom. The van der Waals surface area contributed by atoms with E-state index in [2.05, 4.69) is 10.1 Å². The van der Waals surface area contributed by atoms with Gasteiger partial charge in [0.05, 0.1) is 19.2 Å². The Kier molecular flexibility index (Phi) is 6.14. The molecule has 2 aromatic rings. The standard InChI is InChI=1S/C18H25N5O2/c1-21(12-16-4-7-19-8-5-16)15-18(24)22-9-3-11-25-17(13-22)14-23-10-2-6-20-23/h2,4-8,10,17H,3,9,11-15H2,1H3. The number of aromatic nitrogens is 3. The van der Waals surface area contributed by atoms with Crippen LogP contribution in [0.1, 0.15) is 12.0 Å². The molecule has 1 fully saturated rings. The second-order valence-electron chi connectivity index (χ2n) is 6.44. The number of carbonyl (C=O) groups is 1. The summed E-state index contributed by atoms with van der Waals surface area (Å²) in [6.45, 7) is 3.84. The summed E-state index contributed by atoms with van der Waals surface area (Å²) in [5.41, 5.74) is 1.15. The van der Waals surface area contributed by atoms with Gasteiger partial charge in [0.25, 0.3) is 0 Å². The number of amides is 1. The summed E-state index contributed by atoms with van der Waals surface area (Å²) in [4.78, 5) is 20.7. The Morgan fingerprint density at radius 1 is 1.36 bits per heavy atom. The van der Waals surface area contributed by atoms with Gasteiger partial charge in [0.15, 0.2) is 0 Å². The molecule has 7 nitrogen and oxygen atoms in total. The molecule has 3 rings (SSSR count). The van der Waals surface area contributed by atoms with E-state index < -0.39 is 0 Å². The van der Waals surface area contributed by atoms with Crippen LogP contribution in [0.4, 0.5) is 0 Å². The monoisotopic (exact) mass is 343 g/mol. The fourth-order valence-electron chi connectivity index (χ4n) is 3.04. The van der Waals surface area contributed by atoms with Crippen molar-refractivity contribution in [1.29, 1.82) is 0 Å². The smallest absolute Gasteiger partial charge is 0.236 e. The van der Waals surface area contributed by atoms with Crippen molar-refractivity contribution in [2.75, 3.05) is 33.3 Å². The molecule has 3 heterocycles. The predicted octanol–water partition coefficient (Wildman–Crippen LogP) is 1.03. The first kappa shape index (κ1) is 17.6. The van der Waals surface area contributed by atoms with E-state index in [1.807, 2.05) is 45.9 Å². The Labute approximate surface area is 148 Å². The average molecular weight is 343 g/mol. The predicted molar refractivity (Wildman–Crippen MR) is 93.7 cm³/mol. The van der Waals surface area contributed by atoms with Crippen LogP contribution >= 0.6 is 0 Å². The Morgan fingerprint density at radius 3 is 2.96 bits per heavy atom. The molecule has 0 spiro atoms. The Balaban J connectivity index is 1.52. The van der Waals surface area contributed by atoms with E-state index in [1.165, 1.54) is 0 Å². The molecule has 1 unspecified atom stereocenters. The number of rotatable bonds is 6. The minimum atomic E-state index is -0.0168. The lowest BCUT2D eigenvalue weighted by atomic mass is 10.2. The highest BCUT2D eigenvalue weighted by atomic mass is 16.5. The zero-order chi connectivity index (χ0) is 17.5. The van der Waals surface area contributed by atoms with Crippen LogP contribution in [-0.2, 0) is 22.6 Å². The van der Waals surface area contributed by atoms with Crippen molar-refractivity contribution in [2.45, 2.75) is 25.6 Å². The van der Waals surface area contributed by atoms with E-state index >= 15 is 0 Å². The lowest BCUT2D eigenvalue weighted by Crippen LogP contribution is -2.43. The highest BCUT2D eigenvalue weighted by molar-refractivity contribution is 5.78. The number of carbonyl (C=O) groups excluding carboxylic acids is 1. The number of hydrogen-bond acceptors (Lipinski definition) is 5. The summed E-state index contributed by atoms with van der Waals surface area (Å²) in [5.74, 6) is 0.146. The van der Waals surface area contributed by atoms with Gasteiger partial charge in [-0.3, -0.25) is 19.4 Å². The molecule has 1 aliphatic rings. The van der Waals surface area contributed by atoms with Crippen LogP contribution in [0.25, 0.3) is 0 Å². The largest absolute Gasteiger partial charge is 0.374 e. The number of nitrogens with zero attached hydrogens (tertiary/aromatic N) is 5. The zero-order valence-corrected chi connectivity index (χ0v) is 14.6. The molecule has 2 aromatic heterocycles. The maximum absolute atomic E-state index is 12.7. The minimum absolute atomic E-state index is 0.0168. The van der Waals surface area contributed by atoms with Crippen molar-refractivity contribution in [3.8, 4) is 0 Å². The third-order valence-electron chi connectivity index (χ3n) is 4.26. The van der Waals surface area contributed by atoms with E-state index in [1.54, 1.807) is 18.6 Å². The van der Waals surface area contributed by atoms with E-state index in [0.29, 0.717) is 26.2 Å². The normalized spacial score (nSPS) is 18.3. The number of hydrogen-bond donors (Lipinski definition) is 0. The summed E-state index contributed by atoms with van der Waals surface area (Å²) >= 11 is 0. The van der Waals surface area contributed by atoms with E-state index in [4.69, 9.17) is 4.74 Å². The van der Waals surface area contributed by atoms with Gasteiger partial charge in [-0.25, -0.2) is 0 Å². The van der Waals surface area contributed by atoms with Crippen LogP contribution in [0.15, 0.2) is 43.0 Å². The molecule has 1 atom stereocenters. The average Bonchev–Trinajstić information content (AvgIpc) is 2.99. The Hall–Kier alpha value is -2.25. The highest BCUT2D eigenvalue weighted by Crippen LogP contribution is 2.09. The zero-order valence-electron chi connectivity index (χ0n) is 14.6. The quantitative estimate of drug-likeness (QED) is 0.784. The van der Waals surface area contributed by atoms with Gasteiger partial charge < -0.3 is 9.64 Å². The molecule has 1 saturated heterocycles. The molecule has 7 heteroatoms. The lowest BCUT2D eigenvalue weighted by molar-refractivity contribution is -0.133. The molecule has 0 aliphatic carbocycles. The second-order valence-corrected chi connectivity index (χ2v) is 6.44. The van der Waals surface area contributed by atoms with Gasteiger partial charge in [0.1, 0.15) is 0 Å². The third kappa shape index (κ3) is 5.37. The van der Waals surface area contributed by atoms with Gasteiger partial charge in [0, 0.05) is 51.0 Å². The van der Waals surface area contributed by atoms with Crippen LogP contribution in [0.2, 0.25) is 0 Å². The molecule has 25 heavy (non-hydrogen) atoms. The van der Waals surface area contributed by atoms with Gasteiger partial charge in [-0.2, -0.15) is 5.10 Å². The summed E-state index contributed by atoms with van der Waals surface area (Å²) < 4.78 is 7.74. The molecule has 0 radical (unpaired) electrons. The fraction of sp³-hybridized carbons (Fsp3) is 0.500. The van der Waals surface area contributed by atoms with Crippen LogP contribution in [0, 0.1) is 0 Å². The van der Waals surface area contributed by atoms with E-state index in [9.17, 15) is 4.79 Å². The van der Waals surface area contributed by atoms with Crippen molar-refractivity contribution < 1.29 is 9.53 Å². The van der Waals surface area contributed by atoms with E-state index in [-0.39, 0.29) is 12.0 Å². The molecular weight excluding hydrogens is 318 g/mol. The molecule has 0 aromatic carbocycles. The van der Waals surface area contributed by atoms with Crippen molar-refractivity contribution in [1.82, 2.24) is 24.6 Å². The summed E-state index contributed by atoms with van der Waals surface area (Å²) in [5, 5.41) is 4.23. The van der Waals surface area contributed by atoms with Crippen LogP contribution in [0.3, 0.4) is 0 Å². The number of pyridine rings is 1. The second kappa shape index (κ2) is 8.73. The first-order valence-electron chi connectivity index (χ1n) is 8.65. The SMILES string of the molecule is CN(CC(=O)N1CCCOC(Cn2cccn2)C1)Cc1ccncc1. The molecule has 0 N–H and O–H groups in total. The molecule has 1 amide bonds. The van der Waals surface area contributed by atoms with Gasteiger partial charge in [-0.1, -0.05) is 0 Å². The molecule has 134 valence electrons. The van der Waals surface area contributed by atoms with Crippen molar-refractivity contribution in [2.24, 2.45) is 0 Å². The number of likely N-dealkylation sites (N-methyl/N-ethyl adjacent to an activating group) is 1. The van der Waals surface area contributed by atoms with Crippen molar-refractivity contribution in [3.63, 3.8) is 0 Å². The van der Waals surface area contributed by atoms with Crippen molar-refractivity contribution in [3.05, 3.63) is 48.5 Å². The van der Waals surface area contributed by atoms with Crippen LogP contribution in [-0.4, -0.2) is 69.9 Å². The first-order valence-corrected chi connectivity index (χ1v) is 8.65. The minimum Gasteiger partial charge on any atom is -0.374 e. The highest BCUT2D eigenvalue weighted by Gasteiger charge is 2.23. The van der Waals surface area contributed by atoms with E-state index in [0.717, 1.165) is 25.1 Å². The van der Waals surface area contributed by atoms with Gasteiger partial charge in [-0.05, 0) is 37.2 Å². The first-order chi connectivity index (χ1) is 12.2. The maximum Gasteiger partial charge on any atom is 0.236 e. The van der Waals surface area contributed by atoms with Crippen molar-refractivity contribution >= 4 is 5.91 Å². The molecule has 1 aliphatic heterocycles. The van der Waals surface area contributed by atoms with Gasteiger partial charge in [0.2, 0.25) is 5.91 Å². The maximum atomic E-state index is 12.7. The number of ether oxygens (including phenoxy) is 1. The van der Waals surface area contributed by atoms with Crippen LogP contribution in [0.5, 0.6) is 0 Å². The molecular formula is C18H25N5O2. The van der Waals surface area contributed by atoms with Crippen LogP contribution < -0.4 is 0 Å². The summed E-state index contributed by atoms with van der Waals surface area (Å²) in [6, 6.07) is 5.84. The third-order valence-corrected chi connectivity index (χ3v) is 4.26. The van der Waals surface area contributed by atoms with Gasteiger partial charge >= 0.3 is 0 Å².